The third-order valence-corrected chi connectivity index (χ3v) is 24.9. The molecule has 2 spiro atoms. The summed E-state index contributed by atoms with van der Waals surface area (Å²) in [6.45, 7) is -0.152. The van der Waals surface area contributed by atoms with Crippen molar-refractivity contribution in [3.63, 3.8) is 0 Å². The summed E-state index contributed by atoms with van der Waals surface area (Å²) in [4.78, 5) is 5.49. The number of hydrogen-bond donors (Lipinski definition) is 0. The van der Waals surface area contributed by atoms with Crippen molar-refractivity contribution < 1.29 is 0 Å². The number of fused-ring (bicyclic) bond motifs is 31. The molecule has 0 N–H and O–H groups in total. The molecule has 0 fully saturated rings. The first-order valence-electron chi connectivity index (χ1n) is 33.2. The summed E-state index contributed by atoms with van der Waals surface area (Å²) in [5, 5.41) is 7.60. The molecule has 2 aromatic heterocycles. The Morgan fingerprint density at radius 2 is 0.621 bits per heavy atom. The van der Waals surface area contributed by atoms with Crippen LogP contribution >= 0.6 is 22.7 Å². The Morgan fingerprint density at radius 1 is 0.242 bits per heavy atom. The second-order valence-corrected chi connectivity index (χ2v) is 28.9. The summed E-state index contributed by atoms with van der Waals surface area (Å²) in [5.74, 6) is 0. The largest absolute Gasteiger partial charge is 0.311 e. The van der Waals surface area contributed by atoms with Crippen molar-refractivity contribution in [3.05, 3.63) is 354 Å². The van der Waals surface area contributed by atoms with Crippen LogP contribution in [-0.2, 0) is 10.8 Å². The fraction of sp³-hybridized carbons (Fsp3) is 0.0222. The molecule has 0 atom stereocenters. The van der Waals surface area contributed by atoms with E-state index >= 15 is 0 Å². The van der Waals surface area contributed by atoms with E-state index in [2.05, 4.69) is 319 Å². The molecule has 2 aliphatic heterocycles. The predicted octanol–water partition coefficient (Wildman–Crippen LogP) is 22.0. The van der Waals surface area contributed by atoms with Crippen molar-refractivity contribution in [1.29, 1.82) is 0 Å². The first-order valence-corrected chi connectivity index (χ1v) is 34.8. The molecule has 0 radical (unpaired) electrons. The summed E-state index contributed by atoms with van der Waals surface area (Å²) in [7, 11) is 0. The molecule has 6 aliphatic rings. The highest BCUT2D eigenvalue weighted by molar-refractivity contribution is 7.26. The number of hydrogen-bond acceptors (Lipinski definition) is 4. The summed E-state index contributed by atoms with van der Waals surface area (Å²) in [5.41, 5.74) is 33.4. The average molecular weight is 1240 g/mol. The fourth-order valence-electron chi connectivity index (χ4n) is 19.1. The first kappa shape index (κ1) is 51.2. The zero-order chi connectivity index (χ0) is 61.6. The van der Waals surface area contributed by atoms with Gasteiger partial charge in [0.2, 0.25) is 0 Å². The maximum absolute atomic E-state index is 2.75. The Balaban J connectivity index is 0.885. The highest BCUT2D eigenvalue weighted by atomic mass is 32.1. The minimum absolute atomic E-state index is 0.152. The van der Waals surface area contributed by atoms with Gasteiger partial charge in [-0.1, -0.05) is 243 Å². The molecule has 2 nitrogen and oxygen atoms in total. The van der Waals surface area contributed by atoms with Gasteiger partial charge in [-0.05, 0) is 183 Å². The van der Waals surface area contributed by atoms with E-state index in [1.807, 2.05) is 22.7 Å². The molecule has 0 saturated carbocycles. The van der Waals surface area contributed by atoms with Gasteiger partial charge in [0.05, 0.1) is 22.2 Å². The van der Waals surface area contributed by atoms with E-state index in [4.69, 9.17) is 0 Å². The van der Waals surface area contributed by atoms with Gasteiger partial charge in [0, 0.05) is 74.2 Å². The molecule has 5 heteroatoms. The van der Waals surface area contributed by atoms with Gasteiger partial charge in [-0.25, -0.2) is 0 Å². The van der Waals surface area contributed by atoms with E-state index in [0.29, 0.717) is 0 Å². The van der Waals surface area contributed by atoms with E-state index in [1.165, 1.54) is 202 Å². The van der Waals surface area contributed by atoms with Crippen LogP contribution in [0.3, 0.4) is 0 Å². The lowest BCUT2D eigenvalue weighted by molar-refractivity contribution is 0.793. The van der Waals surface area contributed by atoms with E-state index in [0.717, 1.165) is 0 Å². The molecular formula is C90H51BN2S2. The maximum atomic E-state index is 2.75. The van der Waals surface area contributed by atoms with Crippen LogP contribution in [0, 0.1) is 0 Å². The maximum Gasteiger partial charge on any atom is 0.252 e. The van der Waals surface area contributed by atoms with Gasteiger partial charge >= 0.3 is 0 Å². The number of thiophene rings is 2. The molecule has 436 valence electrons. The average Bonchev–Trinajstić information content (AvgIpc) is 1.60. The van der Waals surface area contributed by atoms with Crippen LogP contribution in [0.15, 0.2) is 309 Å². The summed E-state index contributed by atoms with van der Waals surface area (Å²) >= 11 is 3.84. The van der Waals surface area contributed by atoms with E-state index in [1.54, 1.807) is 0 Å². The predicted molar refractivity (Wildman–Crippen MR) is 402 cm³/mol. The summed E-state index contributed by atoms with van der Waals surface area (Å²) in [6.07, 6.45) is 0. The molecule has 0 amide bonds. The van der Waals surface area contributed by atoms with Gasteiger partial charge < -0.3 is 9.80 Å². The normalized spacial score (nSPS) is 14.6. The highest BCUT2D eigenvalue weighted by Gasteiger charge is 2.56. The van der Waals surface area contributed by atoms with Crippen molar-refractivity contribution in [2.24, 2.45) is 0 Å². The zero-order valence-corrected chi connectivity index (χ0v) is 52.9. The molecule has 0 unspecified atom stereocenters. The number of nitrogens with zero attached hydrogens (tertiary/aromatic N) is 2. The number of benzene rings is 15. The lowest BCUT2D eigenvalue weighted by Gasteiger charge is -2.45. The second-order valence-electron chi connectivity index (χ2n) is 26.8. The van der Waals surface area contributed by atoms with Crippen LogP contribution in [0.2, 0.25) is 0 Å². The molecule has 4 aliphatic carbocycles. The summed E-state index contributed by atoms with van der Waals surface area (Å²) < 4.78 is 5.20. The molecular weight excluding hydrogens is 1180 g/mol. The van der Waals surface area contributed by atoms with Crippen molar-refractivity contribution in [2.75, 3.05) is 9.80 Å². The van der Waals surface area contributed by atoms with Gasteiger partial charge in [-0.3, -0.25) is 0 Å². The van der Waals surface area contributed by atoms with Crippen molar-refractivity contribution in [1.82, 2.24) is 0 Å². The van der Waals surface area contributed by atoms with E-state index in [9.17, 15) is 0 Å². The zero-order valence-electron chi connectivity index (χ0n) is 51.2. The fourth-order valence-corrected chi connectivity index (χ4v) is 21.4. The Hall–Kier alpha value is -11.3. The van der Waals surface area contributed by atoms with Crippen molar-refractivity contribution in [2.45, 2.75) is 10.8 Å². The van der Waals surface area contributed by atoms with Gasteiger partial charge in [-0.15, -0.1) is 22.7 Å². The third-order valence-electron chi connectivity index (χ3n) is 22.6. The number of anilines is 6. The number of rotatable bonds is 3. The van der Waals surface area contributed by atoms with E-state index < -0.39 is 10.8 Å². The Morgan fingerprint density at radius 3 is 1.08 bits per heavy atom. The van der Waals surface area contributed by atoms with Crippen LogP contribution in [0.1, 0.15) is 44.5 Å². The second kappa shape index (κ2) is 18.3. The quantitative estimate of drug-likeness (QED) is 0.163. The minimum Gasteiger partial charge on any atom is -0.311 e. The molecule has 95 heavy (non-hydrogen) atoms. The molecule has 17 aromatic rings. The lowest BCUT2D eigenvalue weighted by atomic mass is 9.33. The van der Waals surface area contributed by atoms with Gasteiger partial charge in [-0.2, -0.15) is 0 Å². The van der Waals surface area contributed by atoms with Crippen molar-refractivity contribution in [3.8, 4) is 55.6 Å². The van der Waals surface area contributed by atoms with Crippen LogP contribution in [-0.4, -0.2) is 6.71 Å². The lowest BCUT2D eigenvalue weighted by Crippen LogP contribution is -2.61. The molecule has 0 bridgehead atoms. The van der Waals surface area contributed by atoms with Crippen LogP contribution in [0.5, 0.6) is 0 Å². The van der Waals surface area contributed by atoms with E-state index in [-0.39, 0.29) is 6.71 Å². The smallest absolute Gasteiger partial charge is 0.252 e. The molecule has 23 rings (SSSR count). The first-order chi connectivity index (χ1) is 47.1. The Bertz CT molecular complexity index is 5930. The molecule has 4 heterocycles. The Labute approximate surface area is 557 Å². The topological polar surface area (TPSA) is 6.48 Å². The van der Waals surface area contributed by atoms with Crippen LogP contribution < -0.4 is 26.2 Å². The van der Waals surface area contributed by atoms with Crippen molar-refractivity contribution >= 4 is 131 Å². The van der Waals surface area contributed by atoms with Crippen LogP contribution in [0.25, 0.3) is 107 Å². The van der Waals surface area contributed by atoms with Gasteiger partial charge in [0.1, 0.15) is 0 Å². The standard InChI is InChI=1S/C90H51BN2S2/c1-2-22-53-45-54(44-43-52(53)21-1)55-46-80-88-81(47-55)93(77-40-20-38-73-87(77)63-30-8-16-36-71(63)90(73)68-33-13-5-25-58(68)59-26-6-14-34-69(59)90)79-49-65-61-28-10-18-42-83(61)95-85(65)51-75(79)91(88)74-50-84-64(60-27-9-17-41-82(60)94-84)48-78(74)92(80)76-39-19-37-72-86(76)62-29-7-15-35-70(62)89(72)66-31-11-3-23-56(66)57-24-4-12-32-67(57)89/h1-51H. The molecule has 15 aromatic carbocycles. The minimum atomic E-state index is -0.538. The SMILES string of the molecule is c1ccc2c(c1)-c1ccccc1C21c2ccccc2-c2c(N3c4cc5c(cc4B4c6cc7sc8ccccc8c7cc6N(c6cccc7c6-c6ccccc6C76c7ccccc7-c7ccccc76)c6cc(-c7ccc8ccccc8c7)cc3c64)sc3ccccc35)cccc21. The van der Waals surface area contributed by atoms with Gasteiger partial charge in [0.25, 0.3) is 6.71 Å². The highest BCUT2D eigenvalue weighted by Crippen LogP contribution is 2.67. The van der Waals surface area contributed by atoms with Crippen LogP contribution in [0.4, 0.5) is 34.1 Å². The summed E-state index contributed by atoms with van der Waals surface area (Å²) in [6, 6.07) is 120. The Kier molecular flexibility index (Phi) is 9.85. The third kappa shape index (κ3) is 6.28. The monoisotopic (exact) mass is 1230 g/mol. The van der Waals surface area contributed by atoms with Gasteiger partial charge in [0.15, 0.2) is 0 Å². The molecule has 0 saturated heterocycles.